The van der Waals surface area contributed by atoms with Gasteiger partial charge in [0.2, 0.25) is 0 Å². The number of carbonyl (C=O) groups is 1. The highest BCUT2D eigenvalue weighted by molar-refractivity contribution is 7.11. The molecule has 1 aliphatic rings. The van der Waals surface area contributed by atoms with Crippen LogP contribution < -0.4 is 0 Å². The van der Waals surface area contributed by atoms with Crippen LogP contribution in [-0.2, 0) is 11.3 Å². The van der Waals surface area contributed by atoms with E-state index in [0.717, 1.165) is 12.0 Å². The van der Waals surface area contributed by atoms with Crippen LogP contribution in [0.25, 0.3) is 11.1 Å². The third-order valence-corrected chi connectivity index (χ3v) is 5.05. The molecule has 0 fully saturated rings. The van der Waals surface area contributed by atoms with Crippen molar-refractivity contribution in [2.75, 3.05) is 0 Å². The van der Waals surface area contributed by atoms with Gasteiger partial charge in [-0.2, -0.15) is 0 Å². The van der Waals surface area contributed by atoms with Crippen molar-refractivity contribution in [2.45, 2.75) is 13.3 Å². The number of nitrogens with zero attached hydrogens (tertiary/aromatic N) is 1. The fourth-order valence-electron chi connectivity index (χ4n) is 2.97. The van der Waals surface area contributed by atoms with E-state index in [1.807, 2.05) is 24.4 Å². The zero-order chi connectivity index (χ0) is 16.5. The van der Waals surface area contributed by atoms with E-state index in [-0.39, 0.29) is 0 Å². The minimum Gasteiger partial charge on any atom is -0.312 e. The van der Waals surface area contributed by atoms with Gasteiger partial charge in [-0.15, -0.1) is 11.3 Å². The van der Waals surface area contributed by atoms with E-state index in [2.05, 4.69) is 41.6 Å². The van der Waals surface area contributed by atoms with E-state index in [0.29, 0.717) is 10.6 Å². The Morgan fingerprint density at radius 3 is 2.71 bits per heavy atom. The molecule has 2 aromatic carbocycles. The smallest absolute Gasteiger partial charge is 0.312 e. The third-order valence-electron chi connectivity index (χ3n) is 4.20. The van der Waals surface area contributed by atoms with Gasteiger partial charge in [0.15, 0.2) is 0 Å². The van der Waals surface area contributed by atoms with Crippen LogP contribution in [0.2, 0.25) is 0 Å². The van der Waals surface area contributed by atoms with Gasteiger partial charge < -0.3 is 4.84 Å². The second-order valence-corrected chi connectivity index (χ2v) is 6.69. The Kier molecular flexibility index (Phi) is 3.75. The first-order valence-corrected chi connectivity index (χ1v) is 8.61. The number of thiophene rings is 1. The Morgan fingerprint density at radius 2 is 1.88 bits per heavy atom. The molecule has 0 bridgehead atoms. The van der Waals surface area contributed by atoms with Gasteiger partial charge >= 0.3 is 5.97 Å². The third kappa shape index (κ3) is 2.65. The highest BCUT2D eigenvalue weighted by Crippen LogP contribution is 2.36. The van der Waals surface area contributed by atoms with Crippen molar-refractivity contribution < 1.29 is 9.63 Å². The van der Waals surface area contributed by atoms with Crippen molar-refractivity contribution in [3.8, 4) is 11.1 Å². The maximum absolute atomic E-state index is 11.9. The molecule has 4 heteroatoms. The first-order valence-electron chi connectivity index (χ1n) is 7.73. The van der Waals surface area contributed by atoms with Crippen LogP contribution in [0, 0.1) is 0 Å². The van der Waals surface area contributed by atoms with Gasteiger partial charge in [0.1, 0.15) is 4.88 Å². The number of benzene rings is 2. The van der Waals surface area contributed by atoms with Crippen LogP contribution in [0.5, 0.6) is 0 Å². The minimum absolute atomic E-state index is 0.419. The zero-order valence-electron chi connectivity index (χ0n) is 13.2. The largest absolute Gasteiger partial charge is 0.375 e. The zero-order valence-corrected chi connectivity index (χ0v) is 14.0. The lowest BCUT2D eigenvalue weighted by Gasteiger charge is -2.05. The molecule has 24 heavy (non-hydrogen) atoms. The Hall–Kier alpha value is -2.72. The van der Waals surface area contributed by atoms with Crippen LogP contribution in [0.15, 0.2) is 65.1 Å². The Morgan fingerprint density at radius 1 is 1.04 bits per heavy atom. The number of carbonyl (C=O) groups excluding carboxylic acids is 1. The molecule has 118 valence electrons. The lowest BCUT2D eigenvalue weighted by molar-refractivity contribution is 0.0522. The van der Waals surface area contributed by atoms with E-state index < -0.39 is 5.97 Å². The van der Waals surface area contributed by atoms with Crippen LogP contribution in [-0.4, -0.2) is 11.7 Å². The molecule has 3 aromatic rings. The predicted molar refractivity (Wildman–Crippen MR) is 96.6 cm³/mol. The lowest BCUT2D eigenvalue weighted by atomic mass is 10.0. The molecule has 1 aliphatic carbocycles. The Bertz CT molecular complexity index is 942. The van der Waals surface area contributed by atoms with Gasteiger partial charge in [0.05, 0.1) is 5.71 Å². The van der Waals surface area contributed by atoms with Crippen molar-refractivity contribution in [2.24, 2.45) is 5.16 Å². The summed E-state index contributed by atoms with van der Waals surface area (Å²) in [6, 6.07) is 18.3. The molecule has 0 N–H and O–H groups in total. The maximum atomic E-state index is 11.9. The molecular formula is C20H15NO2S. The molecule has 0 saturated heterocycles. The normalized spacial score (nSPS) is 12.6. The molecule has 0 unspecified atom stereocenters. The summed E-state index contributed by atoms with van der Waals surface area (Å²) in [6.45, 7) is 1.85. The average molecular weight is 333 g/mol. The van der Waals surface area contributed by atoms with Gasteiger partial charge in [-0.05, 0) is 58.7 Å². The summed E-state index contributed by atoms with van der Waals surface area (Å²) in [7, 11) is 0. The monoisotopic (exact) mass is 333 g/mol. The Balaban J connectivity index is 1.56. The number of hydrogen-bond acceptors (Lipinski definition) is 4. The molecule has 0 spiro atoms. The molecule has 0 atom stereocenters. The summed E-state index contributed by atoms with van der Waals surface area (Å²) in [5, 5.41) is 5.84. The van der Waals surface area contributed by atoms with Crippen LogP contribution >= 0.6 is 11.3 Å². The fourth-order valence-corrected chi connectivity index (χ4v) is 3.57. The number of rotatable bonds is 3. The summed E-state index contributed by atoms with van der Waals surface area (Å²) >= 11 is 1.34. The van der Waals surface area contributed by atoms with Crippen molar-refractivity contribution in [1.29, 1.82) is 0 Å². The second kappa shape index (κ2) is 6.06. The first kappa shape index (κ1) is 14.8. The predicted octanol–water partition coefficient (Wildman–Crippen LogP) is 4.90. The summed E-state index contributed by atoms with van der Waals surface area (Å²) in [5.41, 5.74) is 6.88. The van der Waals surface area contributed by atoms with E-state index in [1.165, 1.54) is 33.6 Å². The molecule has 0 radical (unpaired) electrons. The summed E-state index contributed by atoms with van der Waals surface area (Å²) in [5.74, 6) is -0.419. The van der Waals surface area contributed by atoms with Gasteiger partial charge in [0.25, 0.3) is 0 Å². The highest BCUT2D eigenvalue weighted by atomic mass is 32.1. The minimum atomic E-state index is -0.419. The maximum Gasteiger partial charge on any atom is 0.375 e. The van der Waals surface area contributed by atoms with Gasteiger partial charge in [-0.3, -0.25) is 0 Å². The van der Waals surface area contributed by atoms with E-state index in [1.54, 1.807) is 6.07 Å². The SMILES string of the molecule is CC(=NOC(=O)c1cccs1)c1ccc2c(c1)Cc1ccccc1-2. The molecule has 0 saturated carbocycles. The topological polar surface area (TPSA) is 38.7 Å². The molecule has 0 amide bonds. The summed E-state index contributed by atoms with van der Waals surface area (Å²) < 4.78 is 0. The summed E-state index contributed by atoms with van der Waals surface area (Å²) in [6.07, 6.45) is 0.932. The van der Waals surface area contributed by atoms with Gasteiger partial charge in [0, 0.05) is 0 Å². The van der Waals surface area contributed by atoms with Crippen molar-refractivity contribution >= 4 is 23.0 Å². The molecule has 1 aromatic heterocycles. The van der Waals surface area contributed by atoms with Crippen LogP contribution in [0.3, 0.4) is 0 Å². The molecular weight excluding hydrogens is 318 g/mol. The van der Waals surface area contributed by atoms with Crippen molar-refractivity contribution in [3.05, 3.63) is 81.5 Å². The second-order valence-electron chi connectivity index (χ2n) is 5.74. The number of oxime groups is 1. The molecule has 3 nitrogen and oxygen atoms in total. The molecule has 4 rings (SSSR count). The number of fused-ring (bicyclic) bond motifs is 3. The van der Waals surface area contributed by atoms with Crippen molar-refractivity contribution in [1.82, 2.24) is 0 Å². The fraction of sp³-hybridized carbons (Fsp3) is 0.100. The Labute approximate surface area is 144 Å². The standard InChI is InChI=1S/C20H15NO2S/c1-13(21-23-20(22)19-7-4-10-24-19)14-8-9-18-16(11-14)12-15-5-2-3-6-17(15)18/h2-11H,12H2,1H3. The van der Waals surface area contributed by atoms with Gasteiger partial charge in [-0.1, -0.05) is 47.6 Å². The van der Waals surface area contributed by atoms with E-state index in [4.69, 9.17) is 4.84 Å². The first-order chi connectivity index (χ1) is 11.7. The average Bonchev–Trinajstić information content (AvgIpc) is 3.26. The molecule has 1 heterocycles. The van der Waals surface area contributed by atoms with Crippen molar-refractivity contribution in [3.63, 3.8) is 0 Å². The van der Waals surface area contributed by atoms with E-state index in [9.17, 15) is 4.79 Å². The highest BCUT2D eigenvalue weighted by Gasteiger charge is 2.18. The van der Waals surface area contributed by atoms with Gasteiger partial charge in [-0.25, -0.2) is 4.79 Å². The summed E-state index contributed by atoms with van der Waals surface area (Å²) in [4.78, 5) is 17.5. The lowest BCUT2D eigenvalue weighted by Crippen LogP contribution is -2.02. The number of hydrogen-bond donors (Lipinski definition) is 0. The molecule has 0 aliphatic heterocycles. The van der Waals surface area contributed by atoms with Crippen LogP contribution in [0.1, 0.15) is 33.3 Å². The van der Waals surface area contributed by atoms with E-state index >= 15 is 0 Å². The quantitative estimate of drug-likeness (QED) is 0.304. The van der Waals surface area contributed by atoms with Crippen LogP contribution in [0.4, 0.5) is 0 Å².